The second-order valence-electron chi connectivity index (χ2n) is 5.84. The van der Waals surface area contributed by atoms with Crippen LogP contribution in [0.2, 0.25) is 0 Å². The van der Waals surface area contributed by atoms with Gasteiger partial charge in [-0.1, -0.05) is 0 Å². The van der Waals surface area contributed by atoms with Gasteiger partial charge in [-0.25, -0.2) is 8.78 Å². The van der Waals surface area contributed by atoms with Crippen LogP contribution in [-0.2, 0) is 4.79 Å². The summed E-state index contributed by atoms with van der Waals surface area (Å²) in [6, 6.07) is 0. The molecule has 2 rings (SSSR count). The van der Waals surface area contributed by atoms with E-state index in [2.05, 4.69) is 0 Å². The van der Waals surface area contributed by atoms with E-state index in [1.807, 2.05) is 4.90 Å². The fourth-order valence-electron chi connectivity index (χ4n) is 3.11. The summed E-state index contributed by atoms with van der Waals surface area (Å²) in [7, 11) is 0. The molecule has 1 saturated heterocycles. The van der Waals surface area contributed by atoms with Crippen molar-refractivity contribution in [2.75, 3.05) is 19.6 Å². The molecule has 0 aromatic heterocycles. The molecule has 104 valence electrons. The van der Waals surface area contributed by atoms with Gasteiger partial charge < -0.3 is 15.7 Å². The van der Waals surface area contributed by atoms with E-state index >= 15 is 0 Å². The summed E-state index contributed by atoms with van der Waals surface area (Å²) in [4.78, 5) is 12.9. The number of primary amides is 1. The Kier molecular flexibility index (Phi) is 3.60. The third kappa shape index (κ3) is 3.38. The quantitative estimate of drug-likeness (QED) is 0.785. The molecule has 0 spiro atoms. The van der Waals surface area contributed by atoms with Crippen LogP contribution in [0.25, 0.3) is 0 Å². The first-order valence-electron chi connectivity index (χ1n) is 6.39. The number of halogens is 2. The lowest BCUT2D eigenvalue weighted by Gasteiger charge is -2.43. The highest BCUT2D eigenvalue weighted by atomic mass is 19.3. The molecule has 1 unspecified atom stereocenters. The van der Waals surface area contributed by atoms with E-state index in [0.717, 1.165) is 13.0 Å². The van der Waals surface area contributed by atoms with Crippen LogP contribution >= 0.6 is 0 Å². The average molecular weight is 262 g/mol. The molecular formula is C12H20F2N2O2. The average Bonchev–Trinajstić information content (AvgIpc) is 2.12. The van der Waals surface area contributed by atoms with Crippen molar-refractivity contribution in [3.05, 3.63) is 0 Å². The zero-order valence-electron chi connectivity index (χ0n) is 10.4. The molecule has 0 bridgehead atoms. The maximum atomic E-state index is 12.7. The molecule has 0 radical (unpaired) electrons. The largest absolute Gasteiger partial charge is 0.388 e. The predicted molar refractivity (Wildman–Crippen MR) is 62.1 cm³/mol. The van der Waals surface area contributed by atoms with Gasteiger partial charge in [0.25, 0.3) is 0 Å². The highest BCUT2D eigenvalue weighted by Gasteiger charge is 2.46. The maximum Gasteiger partial charge on any atom is 0.248 e. The third-order valence-corrected chi connectivity index (χ3v) is 3.83. The van der Waals surface area contributed by atoms with Gasteiger partial charge in [0.05, 0.1) is 12.0 Å². The lowest BCUT2D eigenvalue weighted by Crippen LogP contribution is -2.52. The van der Waals surface area contributed by atoms with Crippen LogP contribution in [0, 0.1) is 5.92 Å². The Bertz CT molecular complexity index is 330. The molecule has 4 nitrogen and oxygen atoms in total. The minimum Gasteiger partial charge on any atom is -0.388 e. The Morgan fingerprint density at radius 3 is 2.67 bits per heavy atom. The maximum absolute atomic E-state index is 12.7. The summed E-state index contributed by atoms with van der Waals surface area (Å²) < 4.78 is 25.5. The van der Waals surface area contributed by atoms with E-state index in [-0.39, 0.29) is 25.2 Å². The van der Waals surface area contributed by atoms with Gasteiger partial charge in [-0.05, 0) is 25.3 Å². The number of amides is 1. The Hall–Kier alpha value is -0.750. The number of likely N-dealkylation sites (tertiary alicyclic amines) is 1. The van der Waals surface area contributed by atoms with Crippen molar-refractivity contribution in [3.8, 4) is 0 Å². The molecular weight excluding hydrogens is 242 g/mol. The second-order valence-corrected chi connectivity index (χ2v) is 5.84. The summed E-state index contributed by atoms with van der Waals surface area (Å²) in [5.41, 5.74) is 4.04. The van der Waals surface area contributed by atoms with Crippen molar-refractivity contribution >= 4 is 5.91 Å². The SMILES string of the molecule is NC(=O)CC1(O)CCCN(CC2CC(F)(F)C2)C1. The zero-order chi connectivity index (χ0) is 13.4. The molecule has 1 aliphatic carbocycles. The molecule has 6 heteroatoms. The predicted octanol–water partition coefficient (Wildman–Crippen LogP) is 0.734. The number of hydrogen-bond acceptors (Lipinski definition) is 3. The van der Waals surface area contributed by atoms with Crippen LogP contribution in [0.5, 0.6) is 0 Å². The number of rotatable bonds is 4. The van der Waals surface area contributed by atoms with Crippen LogP contribution < -0.4 is 5.73 Å². The molecule has 18 heavy (non-hydrogen) atoms. The summed E-state index contributed by atoms with van der Waals surface area (Å²) in [6.45, 7) is 1.73. The number of nitrogens with two attached hydrogens (primary N) is 1. The van der Waals surface area contributed by atoms with Gasteiger partial charge in [-0.2, -0.15) is 0 Å². The monoisotopic (exact) mass is 262 g/mol. The third-order valence-electron chi connectivity index (χ3n) is 3.83. The van der Waals surface area contributed by atoms with E-state index in [9.17, 15) is 18.7 Å². The first-order chi connectivity index (χ1) is 8.28. The first-order valence-corrected chi connectivity index (χ1v) is 6.39. The van der Waals surface area contributed by atoms with Crippen molar-refractivity contribution in [2.45, 2.75) is 43.6 Å². The highest BCUT2D eigenvalue weighted by Crippen LogP contribution is 2.43. The van der Waals surface area contributed by atoms with Gasteiger partial charge in [0, 0.05) is 25.9 Å². The minimum atomic E-state index is -2.50. The lowest BCUT2D eigenvalue weighted by atomic mass is 9.80. The van der Waals surface area contributed by atoms with Gasteiger partial charge in [-0.3, -0.25) is 4.79 Å². The second kappa shape index (κ2) is 4.74. The van der Waals surface area contributed by atoms with E-state index in [0.29, 0.717) is 19.5 Å². The molecule has 0 aromatic rings. The van der Waals surface area contributed by atoms with Crippen LogP contribution in [0.3, 0.4) is 0 Å². The first kappa shape index (κ1) is 13.7. The Labute approximate surface area is 105 Å². The number of carbonyl (C=O) groups excluding carboxylic acids is 1. The normalized spacial score (nSPS) is 33.1. The zero-order valence-corrected chi connectivity index (χ0v) is 10.4. The van der Waals surface area contributed by atoms with Crippen molar-refractivity contribution < 1.29 is 18.7 Å². The summed E-state index contributed by atoms with van der Waals surface area (Å²) >= 11 is 0. The van der Waals surface area contributed by atoms with Gasteiger partial charge in [0.2, 0.25) is 11.8 Å². The van der Waals surface area contributed by atoms with Crippen molar-refractivity contribution in [2.24, 2.45) is 11.7 Å². The van der Waals surface area contributed by atoms with E-state index in [1.165, 1.54) is 0 Å². The van der Waals surface area contributed by atoms with Crippen LogP contribution in [0.15, 0.2) is 0 Å². The smallest absolute Gasteiger partial charge is 0.248 e. The van der Waals surface area contributed by atoms with Gasteiger partial charge in [-0.15, -0.1) is 0 Å². The Balaban J connectivity index is 1.82. The van der Waals surface area contributed by atoms with E-state index in [4.69, 9.17) is 5.73 Å². The minimum absolute atomic E-state index is 0.0101. The summed E-state index contributed by atoms with van der Waals surface area (Å²) in [5, 5.41) is 10.2. The molecule has 0 aromatic carbocycles. The fourth-order valence-corrected chi connectivity index (χ4v) is 3.11. The lowest BCUT2D eigenvalue weighted by molar-refractivity contribution is -0.130. The molecule has 1 aliphatic heterocycles. The number of piperidine rings is 1. The number of β-amino-alcohol motifs (C(OH)–C–C–N with tert-alkyl or cyclic N) is 1. The van der Waals surface area contributed by atoms with Crippen molar-refractivity contribution in [1.82, 2.24) is 4.90 Å². The van der Waals surface area contributed by atoms with Gasteiger partial charge in [0.1, 0.15) is 0 Å². The molecule has 1 heterocycles. The van der Waals surface area contributed by atoms with E-state index < -0.39 is 17.4 Å². The highest BCUT2D eigenvalue weighted by molar-refractivity contribution is 5.75. The van der Waals surface area contributed by atoms with Gasteiger partial charge in [0.15, 0.2) is 0 Å². The summed E-state index contributed by atoms with van der Waals surface area (Å²) in [6.07, 6.45) is 1.15. The van der Waals surface area contributed by atoms with Crippen LogP contribution in [-0.4, -0.2) is 47.1 Å². The Morgan fingerprint density at radius 2 is 2.11 bits per heavy atom. The molecule has 3 N–H and O–H groups in total. The van der Waals surface area contributed by atoms with Crippen LogP contribution in [0.1, 0.15) is 32.1 Å². The Morgan fingerprint density at radius 1 is 1.44 bits per heavy atom. The molecule has 1 atom stereocenters. The van der Waals surface area contributed by atoms with Gasteiger partial charge >= 0.3 is 0 Å². The van der Waals surface area contributed by atoms with Crippen LogP contribution in [0.4, 0.5) is 8.78 Å². The number of alkyl halides is 2. The number of nitrogens with zero attached hydrogens (tertiary/aromatic N) is 1. The molecule has 1 saturated carbocycles. The van der Waals surface area contributed by atoms with E-state index in [1.54, 1.807) is 0 Å². The fraction of sp³-hybridized carbons (Fsp3) is 0.917. The molecule has 2 fully saturated rings. The van der Waals surface area contributed by atoms with Crippen molar-refractivity contribution in [3.63, 3.8) is 0 Å². The number of aliphatic hydroxyl groups is 1. The van der Waals surface area contributed by atoms with Crippen molar-refractivity contribution in [1.29, 1.82) is 0 Å². The topological polar surface area (TPSA) is 66.6 Å². The number of hydrogen-bond donors (Lipinski definition) is 2. The molecule has 2 aliphatic rings. The summed E-state index contributed by atoms with van der Waals surface area (Å²) in [5.74, 6) is -3.00. The number of carbonyl (C=O) groups is 1. The standard InChI is InChI=1S/C12H20F2N2O2/c13-12(14)4-9(5-12)7-16-3-1-2-11(18,8-16)6-10(15)17/h9,18H,1-8H2,(H2,15,17). The molecule has 1 amide bonds.